The lowest BCUT2D eigenvalue weighted by atomic mass is 9.34. The van der Waals surface area contributed by atoms with Gasteiger partial charge in [0.1, 0.15) is 6.61 Å². The summed E-state index contributed by atoms with van der Waals surface area (Å²) in [7, 11) is 0. The van der Waals surface area contributed by atoms with Gasteiger partial charge in [-0.1, -0.05) is 53.2 Å². The molecule has 0 aliphatic heterocycles. The van der Waals surface area contributed by atoms with Crippen LogP contribution in [-0.2, 0) is 24.5 Å². The van der Waals surface area contributed by atoms with Crippen molar-refractivity contribution in [2.24, 2.45) is 44.8 Å². The van der Waals surface area contributed by atoms with Crippen molar-refractivity contribution in [1.29, 1.82) is 0 Å². The van der Waals surface area contributed by atoms with Crippen LogP contribution >= 0.6 is 0 Å². The Kier molecular flexibility index (Phi) is 6.42. The maximum Gasteiger partial charge on any atom is 0.302 e. The predicted octanol–water partition coefficient (Wildman–Crippen LogP) is 6.75. The Morgan fingerprint density at radius 3 is 2.40 bits per heavy atom. The third-order valence-corrected chi connectivity index (χ3v) is 13.2. The van der Waals surface area contributed by atoms with Crippen LogP contribution in [0.1, 0.15) is 105 Å². The van der Waals surface area contributed by atoms with Crippen molar-refractivity contribution in [1.82, 2.24) is 10.2 Å². The summed E-state index contributed by atoms with van der Waals surface area (Å²) in [6.45, 7) is 24.2. The van der Waals surface area contributed by atoms with Crippen LogP contribution in [0, 0.1) is 58.3 Å². The van der Waals surface area contributed by atoms with Crippen molar-refractivity contribution < 1.29 is 23.5 Å². The maximum atomic E-state index is 14.7. The number of ketones is 2. The number of ether oxygens (including phenoxy) is 1. The van der Waals surface area contributed by atoms with E-state index in [1.807, 2.05) is 26.0 Å². The Labute approximate surface area is 254 Å². The molecular formula is C35H45N3O5. The van der Waals surface area contributed by atoms with Gasteiger partial charge < -0.3 is 13.9 Å². The lowest BCUT2D eigenvalue weighted by Gasteiger charge is -2.69. The fraction of sp³-hybridized carbons (Fsp3) is 0.714. The van der Waals surface area contributed by atoms with E-state index >= 15 is 0 Å². The Bertz CT molecular complexity index is 1530. The highest BCUT2D eigenvalue weighted by molar-refractivity contribution is 6.03. The Balaban J connectivity index is 1.51. The topological polar surface area (TPSA) is 104 Å². The van der Waals surface area contributed by atoms with E-state index in [0.29, 0.717) is 11.8 Å². The van der Waals surface area contributed by atoms with E-state index in [9.17, 15) is 14.4 Å². The molecule has 0 bridgehead atoms. The summed E-state index contributed by atoms with van der Waals surface area (Å²) in [5.41, 5.74) is -1.56. The highest BCUT2D eigenvalue weighted by atomic mass is 16.5. The SMILES string of the molecule is [C-]#[N+]C1=C[C@]2(C)C3=CC(=O)[C@@H]4[C@@H]5CC(C)(C)CC[C@]5(c5nnc(C)o5)CC[C@@]4(C)[C@]3(C)CC[C@H]2[C@](C)(COC(C)=O)C1=O. The second-order valence-corrected chi connectivity index (χ2v) is 16.0. The fourth-order valence-electron chi connectivity index (χ4n) is 10.7. The van der Waals surface area contributed by atoms with Crippen LogP contribution in [0.3, 0.4) is 0 Å². The van der Waals surface area contributed by atoms with Gasteiger partial charge in [0.15, 0.2) is 11.6 Å². The Morgan fingerprint density at radius 1 is 1.07 bits per heavy atom. The number of carbonyl (C=O) groups excluding carboxylic acids is 3. The van der Waals surface area contributed by atoms with E-state index in [1.165, 1.54) is 6.92 Å². The lowest BCUT2D eigenvalue weighted by Crippen LogP contribution is -2.66. The summed E-state index contributed by atoms with van der Waals surface area (Å²) in [5, 5.41) is 8.78. The number of carbonyl (C=O) groups is 3. The molecule has 0 amide bonds. The number of rotatable bonds is 3. The van der Waals surface area contributed by atoms with Crippen LogP contribution in [-0.4, -0.2) is 34.3 Å². The zero-order valence-electron chi connectivity index (χ0n) is 26.9. The molecule has 0 aromatic carbocycles. The molecule has 0 spiro atoms. The first kappa shape index (κ1) is 30.0. The standard InChI is InChI=1S/C35H45N3O5/c1-20-37-38-29(43-20)35-14-12-30(3,4)17-22(35)27-24(40)16-26-31(5)18-23(36-9)28(41)32(6,19-42-21(2)39)25(31)10-11-33(26,7)34(27,8)13-15-35/h16,18,22,25,27H,10-15,17,19H2,1-8H3/t22-,25+,27-,31-,32-,33+,34+,35-/m0/s1. The molecular weight excluding hydrogens is 542 g/mol. The molecule has 8 nitrogen and oxygen atoms in total. The Morgan fingerprint density at radius 2 is 1.77 bits per heavy atom. The van der Waals surface area contributed by atoms with Crippen LogP contribution in [0.2, 0.25) is 0 Å². The van der Waals surface area contributed by atoms with Crippen molar-refractivity contribution in [2.45, 2.75) is 106 Å². The number of fused-ring (bicyclic) bond motifs is 7. The van der Waals surface area contributed by atoms with Crippen LogP contribution in [0.15, 0.2) is 27.8 Å². The third-order valence-electron chi connectivity index (χ3n) is 13.2. The average Bonchev–Trinajstić information content (AvgIpc) is 3.37. The quantitative estimate of drug-likeness (QED) is 0.285. The van der Waals surface area contributed by atoms with Crippen molar-refractivity contribution in [3.05, 3.63) is 46.6 Å². The van der Waals surface area contributed by atoms with E-state index in [1.54, 1.807) is 0 Å². The number of aryl methyl sites for hydroxylation is 1. The molecule has 8 atom stereocenters. The van der Waals surface area contributed by atoms with Crippen molar-refractivity contribution >= 4 is 17.5 Å². The first-order valence-corrected chi connectivity index (χ1v) is 15.8. The number of Topliss-reactive ketones (excluding diaryl/α,β-unsaturated/α-hetero) is 1. The molecule has 5 aliphatic rings. The molecule has 0 radical (unpaired) electrons. The normalized spacial score (nSPS) is 43.2. The maximum absolute atomic E-state index is 14.7. The third kappa shape index (κ3) is 3.88. The minimum Gasteiger partial charge on any atom is -0.465 e. The van der Waals surface area contributed by atoms with Crippen molar-refractivity contribution in [2.75, 3.05) is 6.61 Å². The van der Waals surface area contributed by atoms with E-state index in [0.717, 1.165) is 50.5 Å². The summed E-state index contributed by atoms with van der Waals surface area (Å²) >= 11 is 0. The molecule has 6 rings (SSSR count). The van der Waals surface area contributed by atoms with Crippen LogP contribution in [0.4, 0.5) is 0 Å². The van der Waals surface area contributed by atoms with E-state index in [4.69, 9.17) is 15.7 Å². The molecule has 0 unspecified atom stereocenters. The second-order valence-electron chi connectivity index (χ2n) is 16.0. The number of hydrogen-bond donors (Lipinski definition) is 0. The van der Waals surface area contributed by atoms with Gasteiger partial charge in [0.25, 0.3) is 0 Å². The summed E-state index contributed by atoms with van der Waals surface area (Å²) in [4.78, 5) is 43.9. The number of esters is 1. The number of nitrogens with zero attached hydrogens (tertiary/aromatic N) is 3. The molecule has 1 aromatic rings. The molecule has 8 heteroatoms. The highest BCUT2D eigenvalue weighted by Crippen LogP contribution is 2.74. The first-order valence-electron chi connectivity index (χ1n) is 15.8. The molecule has 3 saturated carbocycles. The lowest BCUT2D eigenvalue weighted by molar-refractivity contribution is -0.165. The smallest absolute Gasteiger partial charge is 0.302 e. The molecule has 1 heterocycles. The van der Waals surface area contributed by atoms with Crippen LogP contribution < -0.4 is 0 Å². The molecule has 0 N–H and O–H groups in total. The number of hydrogen-bond acceptors (Lipinski definition) is 7. The monoisotopic (exact) mass is 587 g/mol. The molecule has 43 heavy (non-hydrogen) atoms. The minimum atomic E-state index is -1.05. The van der Waals surface area contributed by atoms with Gasteiger partial charge in [-0.05, 0) is 79.1 Å². The van der Waals surface area contributed by atoms with Gasteiger partial charge in [-0.2, -0.15) is 0 Å². The average molecular weight is 588 g/mol. The van der Waals surface area contributed by atoms with Crippen molar-refractivity contribution in [3.8, 4) is 0 Å². The van der Waals surface area contributed by atoms with Crippen LogP contribution in [0.25, 0.3) is 4.85 Å². The predicted molar refractivity (Wildman–Crippen MR) is 159 cm³/mol. The van der Waals surface area contributed by atoms with E-state index in [-0.39, 0.29) is 63.3 Å². The number of aromatic nitrogens is 2. The first-order chi connectivity index (χ1) is 20.0. The van der Waals surface area contributed by atoms with E-state index in [2.05, 4.69) is 49.7 Å². The summed E-state index contributed by atoms with van der Waals surface area (Å²) < 4.78 is 11.6. The molecule has 5 aliphatic carbocycles. The van der Waals surface area contributed by atoms with Gasteiger partial charge in [0.05, 0.1) is 17.4 Å². The van der Waals surface area contributed by atoms with Gasteiger partial charge in [-0.3, -0.25) is 9.59 Å². The van der Waals surface area contributed by atoms with Gasteiger partial charge >= 0.3 is 5.97 Å². The van der Waals surface area contributed by atoms with Gasteiger partial charge in [0, 0.05) is 25.2 Å². The summed E-state index contributed by atoms with van der Waals surface area (Å²) in [5.74, 6) is 0.315. The number of allylic oxidation sites excluding steroid dienone is 4. The zero-order chi connectivity index (χ0) is 31.4. The van der Waals surface area contributed by atoms with Gasteiger partial charge in [-0.25, -0.2) is 4.85 Å². The molecule has 230 valence electrons. The fourth-order valence-corrected chi connectivity index (χ4v) is 10.7. The highest BCUT2D eigenvalue weighted by Gasteiger charge is 2.71. The second kappa shape index (κ2) is 9.22. The minimum absolute atomic E-state index is 0.0685. The van der Waals surface area contributed by atoms with Gasteiger partial charge in [-0.15, -0.1) is 10.2 Å². The molecule has 3 fully saturated rings. The van der Waals surface area contributed by atoms with Crippen LogP contribution in [0.5, 0.6) is 0 Å². The van der Waals surface area contributed by atoms with Crippen molar-refractivity contribution in [3.63, 3.8) is 0 Å². The van der Waals surface area contributed by atoms with E-state index < -0.39 is 16.8 Å². The summed E-state index contributed by atoms with van der Waals surface area (Å²) in [6.07, 6.45) is 9.88. The summed E-state index contributed by atoms with van der Waals surface area (Å²) in [6, 6.07) is 0. The Hall–Kier alpha value is -3.08. The molecule has 1 aromatic heterocycles. The van der Waals surface area contributed by atoms with Gasteiger partial charge in [0.2, 0.25) is 17.5 Å². The molecule has 0 saturated heterocycles. The largest absolute Gasteiger partial charge is 0.465 e. The zero-order valence-corrected chi connectivity index (χ0v) is 26.9.